The Morgan fingerprint density at radius 3 is 2.18 bits per heavy atom. The molecule has 1 aromatic rings. The average molecular weight is 245 g/mol. The van der Waals surface area contributed by atoms with Crippen LogP contribution in [0.4, 0.5) is 13.2 Å². The first-order valence-corrected chi connectivity index (χ1v) is 5.30. The molecule has 0 saturated heterocycles. The number of nitrogens with zero attached hydrogens (tertiary/aromatic N) is 1. The number of carbonyl (C=O) groups is 1. The van der Waals surface area contributed by atoms with Gasteiger partial charge in [-0.3, -0.25) is 4.79 Å². The van der Waals surface area contributed by atoms with Crippen molar-refractivity contribution in [1.29, 1.82) is 0 Å². The second kappa shape index (κ2) is 5.21. The van der Waals surface area contributed by atoms with Gasteiger partial charge in [0.1, 0.15) is 0 Å². The summed E-state index contributed by atoms with van der Waals surface area (Å²) >= 11 is 0. The average Bonchev–Trinajstić information content (AvgIpc) is 2.32. The Hall–Kier alpha value is -1.52. The van der Waals surface area contributed by atoms with Crippen molar-refractivity contribution in [3.05, 3.63) is 35.1 Å². The third kappa shape index (κ3) is 2.78. The molecule has 0 spiro atoms. The van der Waals surface area contributed by atoms with Crippen LogP contribution in [0.15, 0.2) is 12.1 Å². The number of hydrogen-bond acceptors (Lipinski definition) is 1. The molecule has 1 atom stereocenters. The van der Waals surface area contributed by atoms with Crippen LogP contribution in [-0.2, 0) is 0 Å². The first kappa shape index (κ1) is 13.5. The maximum atomic E-state index is 13.0. The first-order chi connectivity index (χ1) is 7.88. The molecule has 1 aromatic carbocycles. The molecule has 0 aromatic heterocycles. The Morgan fingerprint density at radius 2 is 1.76 bits per heavy atom. The van der Waals surface area contributed by atoms with Crippen LogP contribution < -0.4 is 0 Å². The summed E-state index contributed by atoms with van der Waals surface area (Å²) < 4.78 is 38.6. The van der Waals surface area contributed by atoms with Crippen LogP contribution in [0.1, 0.15) is 30.6 Å². The van der Waals surface area contributed by atoms with E-state index >= 15 is 0 Å². The van der Waals surface area contributed by atoms with E-state index in [1.807, 2.05) is 13.8 Å². The van der Waals surface area contributed by atoms with Gasteiger partial charge in [-0.1, -0.05) is 6.92 Å². The Morgan fingerprint density at radius 1 is 1.29 bits per heavy atom. The molecule has 0 N–H and O–H groups in total. The highest BCUT2D eigenvalue weighted by Gasteiger charge is 2.20. The lowest BCUT2D eigenvalue weighted by molar-refractivity contribution is 0.0739. The SMILES string of the molecule is CCC(C)N(C)C(=O)c1cc(F)c(F)c(F)c1. The summed E-state index contributed by atoms with van der Waals surface area (Å²) in [5, 5.41) is 0. The van der Waals surface area contributed by atoms with Gasteiger partial charge >= 0.3 is 0 Å². The third-order valence-corrected chi connectivity index (χ3v) is 2.80. The largest absolute Gasteiger partial charge is 0.339 e. The van der Waals surface area contributed by atoms with Crippen LogP contribution in [0.25, 0.3) is 0 Å². The van der Waals surface area contributed by atoms with Gasteiger partial charge in [-0.05, 0) is 25.5 Å². The van der Waals surface area contributed by atoms with E-state index in [-0.39, 0.29) is 11.6 Å². The van der Waals surface area contributed by atoms with Crippen LogP contribution >= 0.6 is 0 Å². The number of carbonyl (C=O) groups excluding carboxylic acids is 1. The van der Waals surface area contributed by atoms with Crippen molar-refractivity contribution in [1.82, 2.24) is 4.90 Å². The van der Waals surface area contributed by atoms with Crippen LogP contribution in [0.3, 0.4) is 0 Å². The Labute approximate surface area is 98.0 Å². The molecular formula is C12H14F3NO. The topological polar surface area (TPSA) is 20.3 Å². The zero-order valence-electron chi connectivity index (χ0n) is 9.93. The normalized spacial score (nSPS) is 12.4. The lowest BCUT2D eigenvalue weighted by atomic mass is 10.1. The van der Waals surface area contributed by atoms with Crippen LogP contribution in [0.5, 0.6) is 0 Å². The molecule has 2 nitrogen and oxygen atoms in total. The fourth-order valence-corrected chi connectivity index (χ4v) is 1.36. The van der Waals surface area contributed by atoms with Gasteiger partial charge in [-0.15, -0.1) is 0 Å². The van der Waals surface area contributed by atoms with Crippen LogP contribution in [0, 0.1) is 17.5 Å². The summed E-state index contributed by atoms with van der Waals surface area (Å²) in [6.07, 6.45) is 0.717. The van der Waals surface area contributed by atoms with Crippen molar-refractivity contribution in [2.24, 2.45) is 0 Å². The smallest absolute Gasteiger partial charge is 0.254 e. The summed E-state index contributed by atoms with van der Waals surface area (Å²) in [4.78, 5) is 13.2. The van der Waals surface area contributed by atoms with Gasteiger partial charge in [-0.2, -0.15) is 0 Å². The van der Waals surface area contributed by atoms with Crippen LogP contribution in [0.2, 0.25) is 0 Å². The Kier molecular flexibility index (Phi) is 4.15. The molecule has 0 radical (unpaired) electrons. The number of hydrogen-bond donors (Lipinski definition) is 0. The van der Waals surface area contributed by atoms with Crippen molar-refractivity contribution >= 4 is 5.91 Å². The van der Waals surface area contributed by atoms with Gasteiger partial charge in [0, 0.05) is 18.7 Å². The van der Waals surface area contributed by atoms with Gasteiger partial charge in [0.05, 0.1) is 0 Å². The maximum absolute atomic E-state index is 13.0. The van der Waals surface area contributed by atoms with Crippen LogP contribution in [-0.4, -0.2) is 23.9 Å². The lowest BCUT2D eigenvalue weighted by Gasteiger charge is -2.23. The fourth-order valence-electron chi connectivity index (χ4n) is 1.36. The number of benzene rings is 1. The minimum absolute atomic E-state index is 0.0568. The number of rotatable bonds is 3. The molecule has 0 aliphatic rings. The van der Waals surface area contributed by atoms with Crippen molar-refractivity contribution < 1.29 is 18.0 Å². The fraction of sp³-hybridized carbons (Fsp3) is 0.417. The molecule has 17 heavy (non-hydrogen) atoms. The van der Waals surface area contributed by atoms with Gasteiger partial charge in [0.15, 0.2) is 17.5 Å². The summed E-state index contributed by atoms with van der Waals surface area (Å²) in [5.41, 5.74) is -0.191. The molecule has 94 valence electrons. The minimum atomic E-state index is -1.56. The predicted octanol–water partition coefficient (Wildman–Crippen LogP) is 2.97. The van der Waals surface area contributed by atoms with E-state index in [0.717, 1.165) is 0 Å². The lowest BCUT2D eigenvalue weighted by Crippen LogP contribution is -2.34. The molecule has 1 rings (SSSR count). The van der Waals surface area contributed by atoms with Gasteiger partial charge in [0.25, 0.3) is 5.91 Å². The van der Waals surface area contributed by atoms with E-state index in [1.54, 1.807) is 0 Å². The number of halogens is 3. The molecule has 5 heteroatoms. The molecule has 1 unspecified atom stereocenters. The van der Waals surface area contributed by atoms with E-state index in [9.17, 15) is 18.0 Å². The highest BCUT2D eigenvalue weighted by Crippen LogP contribution is 2.16. The summed E-state index contributed by atoms with van der Waals surface area (Å²) in [6.45, 7) is 3.70. The third-order valence-electron chi connectivity index (χ3n) is 2.80. The molecule has 1 amide bonds. The molecule has 0 aliphatic carbocycles. The molecule has 0 bridgehead atoms. The predicted molar refractivity (Wildman–Crippen MR) is 58.2 cm³/mol. The van der Waals surface area contributed by atoms with E-state index < -0.39 is 23.4 Å². The zero-order chi connectivity index (χ0) is 13.2. The van der Waals surface area contributed by atoms with E-state index in [2.05, 4.69) is 0 Å². The van der Waals surface area contributed by atoms with Crippen molar-refractivity contribution in [3.63, 3.8) is 0 Å². The summed E-state index contributed by atoms with van der Waals surface area (Å²) in [7, 11) is 1.54. The summed E-state index contributed by atoms with van der Waals surface area (Å²) in [5.74, 6) is -4.80. The van der Waals surface area contributed by atoms with Gasteiger partial charge < -0.3 is 4.90 Å². The van der Waals surface area contributed by atoms with Gasteiger partial charge in [-0.25, -0.2) is 13.2 Å². The second-order valence-corrected chi connectivity index (χ2v) is 3.93. The van der Waals surface area contributed by atoms with Crippen molar-refractivity contribution in [2.75, 3.05) is 7.05 Å². The van der Waals surface area contributed by atoms with Gasteiger partial charge in [0.2, 0.25) is 0 Å². The molecular weight excluding hydrogens is 231 g/mol. The summed E-state index contributed by atoms with van der Waals surface area (Å²) in [6, 6.07) is 1.36. The van der Waals surface area contributed by atoms with E-state index in [4.69, 9.17) is 0 Å². The second-order valence-electron chi connectivity index (χ2n) is 3.93. The molecule has 0 fully saturated rings. The Balaban J connectivity index is 3.05. The maximum Gasteiger partial charge on any atom is 0.254 e. The first-order valence-electron chi connectivity index (χ1n) is 5.30. The molecule has 0 aliphatic heterocycles. The highest BCUT2D eigenvalue weighted by atomic mass is 19.2. The Bertz CT molecular complexity index is 411. The minimum Gasteiger partial charge on any atom is -0.339 e. The highest BCUT2D eigenvalue weighted by molar-refractivity contribution is 5.94. The monoisotopic (exact) mass is 245 g/mol. The molecule has 0 heterocycles. The van der Waals surface area contributed by atoms with Crippen molar-refractivity contribution in [2.45, 2.75) is 26.3 Å². The molecule has 0 saturated carbocycles. The standard InChI is InChI=1S/C12H14F3NO/c1-4-7(2)16(3)12(17)8-5-9(13)11(15)10(14)6-8/h5-7H,4H2,1-3H3. The van der Waals surface area contributed by atoms with E-state index in [1.165, 1.54) is 11.9 Å². The van der Waals surface area contributed by atoms with Crippen molar-refractivity contribution in [3.8, 4) is 0 Å². The number of amides is 1. The van der Waals surface area contributed by atoms with E-state index in [0.29, 0.717) is 18.6 Å². The zero-order valence-corrected chi connectivity index (χ0v) is 9.93. The quantitative estimate of drug-likeness (QED) is 0.750.